The first-order valence-corrected chi connectivity index (χ1v) is 7.93. The lowest BCUT2D eigenvalue weighted by Crippen LogP contribution is -2.32. The molecule has 1 aromatic carbocycles. The van der Waals surface area contributed by atoms with Crippen molar-refractivity contribution in [2.24, 2.45) is 16.7 Å². The number of carbonyl (C=O) groups is 1. The Morgan fingerprint density at radius 3 is 2.67 bits per heavy atom. The van der Waals surface area contributed by atoms with Gasteiger partial charge < -0.3 is 5.32 Å². The van der Waals surface area contributed by atoms with Crippen molar-refractivity contribution < 1.29 is 4.79 Å². The van der Waals surface area contributed by atoms with Crippen molar-refractivity contribution in [3.8, 4) is 0 Å². The van der Waals surface area contributed by atoms with E-state index in [0.717, 1.165) is 29.7 Å². The fourth-order valence-corrected chi connectivity index (χ4v) is 4.17. The number of halogens is 1. The molecular weight excluding hydrogens is 282 g/mol. The summed E-state index contributed by atoms with van der Waals surface area (Å²) in [4.78, 5) is 12.7. The molecule has 1 aromatic rings. The van der Waals surface area contributed by atoms with Crippen LogP contribution in [0.25, 0.3) is 0 Å². The highest BCUT2D eigenvalue weighted by Gasteiger charge is 2.63. The number of allylic oxidation sites excluding steroid dienone is 1. The molecule has 112 valence electrons. The Bertz CT molecular complexity index is 647. The Morgan fingerprint density at radius 1 is 1.33 bits per heavy atom. The number of nitrogens with one attached hydrogen (secondary N) is 1. The van der Waals surface area contributed by atoms with Crippen molar-refractivity contribution >= 4 is 23.1 Å². The number of hydrogen-bond donors (Lipinski definition) is 1. The van der Waals surface area contributed by atoms with Crippen molar-refractivity contribution in [1.82, 2.24) is 0 Å². The van der Waals surface area contributed by atoms with Gasteiger partial charge in [-0.05, 0) is 48.8 Å². The lowest BCUT2D eigenvalue weighted by molar-refractivity contribution is -0.125. The van der Waals surface area contributed by atoms with E-state index >= 15 is 0 Å². The summed E-state index contributed by atoms with van der Waals surface area (Å²) < 4.78 is 0. The number of ketones is 1. The fraction of sp³-hybridized carbons (Fsp3) is 0.500. The molecule has 2 saturated carbocycles. The highest BCUT2D eigenvalue weighted by molar-refractivity contribution is 6.30. The van der Waals surface area contributed by atoms with Crippen molar-refractivity contribution in [1.29, 1.82) is 0 Å². The second-order valence-corrected chi connectivity index (χ2v) is 7.61. The van der Waals surface area contributed by atoms with E-state index in [9.17, 15) is 4.79 Å². The maximum absolute atomic E-state index is 12.7. The zero-order chi connectivity index (χ0) is 15.4. The van der Waals surface area contributed by atoms with Gasteiger partial charge in [0.25, 0.3) is 0 Å². The molecule has 2 nitrogen and oxygen atoms in total. The van der Waals surface area contributed by atoms with E-state index < -0.39 is 0 Å². The van der Waals surface area contributed by atoms with Crippen LogP contribution in [0.4, 0.5) is 5.69 Å². The molecule has 0 aliphatic heterocycles. The fourth-order valence-electron chi connectivity index (χ4n) is 4.00. The van der Waals surface area contributed by atoms with Crippen molar-refractivity contribution in [3.05, 3.63) is 40.6 Å². The zero-order valence-electron chi connectivity index (χ0n) is 13.1. The highest BCUT2D eigenvalue weighted by atomic mass is 35.5. The SMILES string of the molecule is Cc1ccc(Cl)cc1N/C=C1/C(=O)C2(C)CCC1C2(C)C. The highest BCUT2D eigenvalue weighted by Crippen LogP contribution is 2.65. The molecule has 3 heteroatoms. The third-order valence-electron chi connectivity index (χ3n) is 5.95. The number of Topliss-reactive ketones (excluding diaryl/α,β-unsaturated/α-hetero) is 1. The standard InChI is InChI=1S/C18H22ClNO/c1-11-5-6-12(19)9-15(11)20-10-13-14-7-8-18(4,16(13)21)17(14,2)3/h5-6,9-10,14,20H,7-8H2,1-4H3/b13-10+. The molecule has 2 aliphatic rings. The van der Waals surface area contributed by atoms with E-state index in [1.165, 1.54) is 0 Å². The average Bonchev–Trinajstić information content (AvgIpc) is 2.73. The zero-order valence-corrected chi connectivity index (χ0v) is 13.8. The van der Waals surface area contributed by atoms with E-state index in [1.54, 1.807) is 0 Å². The van der Waals surface area contributed by atoms with Crippen LogP contribution in [0.3, 0.4) is 0 Å². The summed E-state index contributed by atoms with van der Waals surface area (Å²) in [7, 11) is 0. The van der Waals surface area contributed by atoms with Gasteiger partial charge in [0.05, 0.1) is 0 Å². The predicted octanol–water partition coefficient (Wildman–Crippen LogP) is 4.97. The molecule has 21 heavy (non-hydrogen) atoms. The van der Waals surface area contributed by atoms with Gasteiger partial charge in [0, 0.05) is 27.9 Å². The average molecular weight is 304 g/mol. The molecule has 2 unspecified atom stereocenters. The summed E-state index contributed by atoms with van der Waals surface area (Å²) in [6.07, 6.45) is 4.03. The third kappa shape index (κ3) is 1.96. The topological polar surface area (TPSA) is 29.1 Å². The number of anilines is 1. The smallest absolute Gasteiger partial charge is 0.167 e. The molecule has 2 aliphatic carbocycles. The summed E-state index contributed by atoms with van der Waals surface area (Å²) in [6.45, 7) is 8.62. The van der Waals surface area contributed by atoms with Crippen LogP contribution in [-0.2, 0) is 4.79 Å². The lowest BCUT2D eigenvalue weighted by Gasteiger charge is -2.31. The minimum atomic E-state index is -0.200. The van der Waals surface area contributed by atoms with Gasteiger partial charge in [0.15, 0.2) is 5.78 Å². The molecule has 0 saturated heterocycles. The van der Waals surface area contributed by atoms with Gasteiger partial charge >= 0.3 is 0 Å². The second kappa shape index (κ2) is 4.61. The Morgan fingerprint density at radius 2 is 2.05 bits per heavy atom. The molecule has 2 bridgehead atoms. The van der Waals surface area contributed by atoms with Crippen LogP contribution < -0.4 is 5.32 Å². The molecule has 1 N–H and O–H groups in total. The number of carbonyl (C=O) groups excluding carboxylic acids is 1. The molecule has 0 radical (unpaired) electrons. The van der Waals surface area contributed by atoms with Gasteiger partial charge in [-0.3, -0.25) is 4.79 Å². The van der Waals surface area contributed by atoms with E-state index in [1.807, 2.05) is 31.3 Å². The number of rotatable bonds is 2. The second-order valence-electron chi connectivity index (χ2n) is 7.18. The Hall–Kier alpha value is -1.28. The molecule has 0 spiro atoms. The Balaban J connectivity index is 1.92. The van der Waals surface area contributed by atoms with Gasteiger partial charge in [-0.15, -0.1) is 0 Å². The first kappa shape index (κ1) is 14.6. The van der Waals surface area contributed by atoms with Crippen LogP contribution in [0, 0.1) is 23.7 Å². The van der Waals surface area contributed by atoms with Gasteiger partial charge in [0.2, 0.25) is 0 Å². The van der Waals surface area contributed by atoms with Gasteiger partial charge in [-0.2, -0.15) is 0 Å². The van der Waals surface area contributed by atoms with Crippen molar-refractivity contribution in [2.75, 3.05) is 5.32 Å². The van der Waals surface area contributed by atoms with Crippen LogP contribution in [0.5, 0.6) is 0 Å². The van der Waals surface area contributed by atoms with Gasteiger partial charge in [0.1, 0.15) is 0 Å². The molecule has 0 amide bonds. The molecular formula is C18H22ClNO. The largest absolute Gasteiger partial charge is 0.361 e. The third-order valence-corrected chi connectivity index (χ3v) is 6.18. The van der Waals surface area contributed by atoms with E-state index in [2.05, 4.69) is 26.1 Å². The molecule has 0 heterocycles. The van der Waals surface area contributed by atoms with E-state index in [-0.39, 0.29) is 10.8 Å². The monoisotopic (exact) mass is 303 g/mol. The molecule has 0 aromatic heterocycles. The molecule has 3 rings (SSSR count). The van der Waals surface area contributed by atoms with Crippen molar-refractivity contribution in [3.63, 3.8) is 0 Å². The van der Waals surface area contributed by atoms with E-state index in [0.29, 0.717) is 16.7 Å². The normalized spacial score (nSPS) is 32.0. The summed E-state index contributed by atoms with van der Waals surface area (Å²) in [6, 6.07) is 5.76. The predicted molar refractivity (Wildman–Crippen MR) is 87.5 cm³/mol. The van der Waals surface area contributed by atoms with Crippen LogP contribution in [0.1, 0.15) is 39.2 Å². The summed E-state index contributed by atoms with van der Waals surface area (Å²) >= 11 is 6.04. The van der Waals surface area contributed by atoms with Crippen molar-refractivity contribution in [2.45, 2.75) is 40.5 Å². The summed E-state index contributed by atoms with van der Waals surface area (Å²) in [5.41, 5.74) is 2.90. The Labute approximate surface area is 131 Å². The molecule has 2 fully saturated rings. The number of benzene rings is 1. The van der Waals surface area contributed by atoms with Crippen LogP contribution >= 0.6 is 11.6 Å². The first-order chi connectivity index (χ1) is 9.77. The number of aryl methyl sites for hydroxylation is 1. The molecule has 2 atom stereocenters. The van der Waals surface area contributed by atoms with Gasteiger partial charge in [-0.25, -0.2) is 0 Å². The first-order valence-electron chi connectivity index (χ1n) is 7.55. The minimum Gasteiger partial charge on any atom is -0.361 e. The van der Waals surface area contributed by atoms with E-state index in [4.69, 9.17) is 11.6 Å². The van der Waals surface area contributed by atoms with Crippen LogP contribution in [0.2, 0.25) is 5.02 Å². The summed E-state index contributed by atoms with van der Waals surface area (Å²) in [5.74, 6) is 0.679. The maximum atomic E-state index is 12.7. The lowest BCUT2D eigenvalue weighted by atomic mass is 9.70. The number of fused-ring (bicyclic) bond motifs is 2. The Kier molecular flexibility index (Phi) is 3.21. The van der Waals surface area contributed by atoms with Crippen LogP contribution in [0.15, 0.2) is 30.0 Å². The van der Waals surface area contributed by atoms with Crippen LogP contribution in [-0.4, -0.2) is 5.78 Å². The maximum Gasteiger partial charge on any atom is 0.167 e. The number of hydrogen-bond acceptors (Lipinski definition) is 2. The summed E-state index contributed by atoms with van der Waals surface area (Å²) in [5, 5.41) is 4.00. The minimum absolute atomic E-state index is 0.0565. The van der Waals surface area contributed by atoms with Gasteiger partial charge in [-0.1, -0.05) is 38.4 Å². The quantitative estimate of drug-likeness (QED) is 0.782.